The Balaban J connectivity index is 1.92. The first-order chi connectivity index (χ1) is 14.0. The van der Waals surface area contributed by atoms with Gasteiger partial charge in [-0.2, -0.15) is 0 Å². The number of hydrogen-bond acceptors (Lipinski definition) is 7. The van der Waals surface area contributed by atoms with Crippen LogP contribution in [0.5, 0.6) is 0 Å². The molecule has 1 aliphatic rings. The fraction of sp³-hybridized carbons (Fsp3) is 0.529. The van der Waals surface area contributed by atoms with Crippen molar-refractivity contribution in [1.82, 2.24) is 19.9 Å². The molecule has 1 amide bonds. The lowest BCUT2D eigenvalue weighted by Crippen LogP contribution is -2.58. The summed E-state index contributed by atoms with van der Waals surface area (Å²) in [5.74, 6) is 0.180. The molecule has 3 rings (SSSR count). The molecule has 164 valence electrons. The van der Waals surface area contributed by atoms with E-state index >= 15 is 0 Å². The number of thiazole rings is 1. The third-order valence-electron chi connectivity index (χ3n) is 4.15. The van der Waals surface area contributed by atoms with Gasteiger partial charge in [-0.1, -0.05) is 34.8 Å². The van der Waals surface area contributed by atoms with Crippen molar-refractivity contribution in [3.05, 3.63) is 20.8 Å². The lowest BCUT2D eigenvalue weighted by molar-refractivity contribution is 0.0120. The number of carbonyl (C=O) groups is 1. The predicted octanol–water partition coefficient (Wildman–Crippen LogP) is 5.25. The maximum Gasteiger partial charge on any atom is 0.410 e. The highest BCUT2D eigenvalue weighted by Gasteiger charge is 2.39. The highest BCUT2D eigenvalue weighted by Crippen LogP contribution is 2.37. The van der Waals surface area contributed by atoms with Gasteiger partial charge in [0, 0.05) is 13.1 Å². The van der Waals surface area contributed by atoms with E-state index in [0.29, 0.717) is 4.88 Å². The van der Waals surface area contributed by atoms with Gasteiger partial charge in [0.2, 0.25) is 0 Å². The van der Waals surface area contributed by atoms with Crippen LogP contribution in [0.4, 0.5) is 19.4 Å². The van der Waals surface area contributed by atoms with E-state index in [4.69, 9.17) is 39.5 Å². The number of rotatable bonds is 3. The Kier molecular flexibility index (Phi) is 6.91. The first-order valence-corrected chi connectivity index (χ1v) is 10.8. The number of carbonyl (C=O) groups excluding carboxylic acids is 1. The lowest BCUT2D eigenvalue weighted by atomic mass is 10.1. The molecule has 0 spiro atoms. The predicted molar refractivity (Wildman–Crippen MR) is 113 cm³/mol. The molecular weight excluding hydrogens is 483 g/mol. The third-order valence-corrected chi connectivity index (χ3v) is 6.09. The maximum absolute atomic E-state index is 13.9. The van der Waals surface area contributed by atoms with Crippen molar-refractivity contribution < 1.29 is 18.3 Å². The molecule has 0 saturated carbocycles. The summed E-state index contributed by atoms with van der Waals surface area (Å²) in [7, 11) is 0. The van der Waals surface area contributed by atoms with Gasteiger partial charge in [-0.25, -0.2) is 28.5 Å². The highest BCUT2D eigenvalue weighted by molar-refractivity contribution is 7.13. The van der Waals surface area contributed by atoms with Gasteiger partial charge in [0.25, 0.3) is 6.43 Å². The van der Waals surface area contributed by atoms with E-state index in [-0.39, 0.29) is 46.6 Å². The third kappa shape index (κ3) is 5.04. The summed E-state index contributed by atoms with van der Waals surface area (Å²) in [6.45, 7) is 5.06. The molecule has 1 fully saturated rings. The van der Waals surface area contributed by atoms with Crippen molar-refractivity contribution in [2.24, 2.45) is 0 Å². The van der Waals surface area contributed by atoms with Gasteiger partial charge >= 0.3 is 6.09 Å². The lowest BCUT2D eigenvalue weighted by Gasteiger charge is -2.42. The number of amides is 1. The van der Waals surface area contributed by atoms with E-state index < -0.39 is 24.2 Å². The van der Waals surface area contributed by atoms with E-state index in [0.717, 1.165) is 0 Å². The molecular formula is C17H18Cl3F2N5O2S. The van der Waals surface area contributed by atoms with Gasteiger partial charge in [0.05, 0.1) is 12.1 Å². The first-order valence-electron chi connectivity index (χ1n) is 8.83. The monoisotopic (exact) mass is 499 g/mol. The molecule has 7 nitrogen and oxygen atoms in total. The number of piperazine rings is 1. The standard InChI is InChI=1S/C17H18Cl3F2N5O2S/c1-17(2,3)29-16(28)26-4-5-27(8(6-26)13(21)22)15-9(18)11(19)24-14(25-15)10-12(20)23-7-30-10/h7-8,13H,4-6H2,1-3H3/t8-/m0/s1. The van der Waals surface area contributed by atoms with Gasteiger partial charge in [-0.05, 0) is 20.8 Å². The number of aromatic nitrogens is 3. The van der Waals surface area contributed by atoms with Crippen LogP contribution in [-0.4, -0.2) is 63.6 Å². The summed E-state index contributed by atoms with van der Waals surface area (Å²) < 4.78 is 33.2. The number of halogens is 5. The van der Waals surface area contributed by atoms with E-state index in [1.54, 1.807) is 20.8 Å². The molecule has 1 atom stereocenters. The Labute approximate surface area is 190 Å². The molecule has 13 heteroatoms. The Morgan fingerprint density at radius 3 is 2.50 bits per heavy atom. The van der Waals surface area contributed by atoms with Crippen molar-refractivity contribution in [2.75, 3.05) is 24.5 Å². The zero-order valence-electron chi connectivity index (χ0n) is 16.2. The van der Waals surface area contributed by atoms with Crippen molar-refractivity contribution >= 4 is 58.1 Å². The molecule has 1 aliphatic heterocycles. The topological polar surface area (TPSA) is 71.5 Å². The average molecular weight is 501 g/mol. The smallest absolute Gasteiger partial charge is 0.410 e. The molecule has 0 radical (unpaired) electrons. The zero-order valence-corrected chi connectivity index (χ0v) is 19.3. The van der Waals surface area contributed by atoms with E-state index in [2.05, 4.69) is 15.0 Å². The highest BCUT2D eigenvalue weighted by atomic mass is 35.5. The molecule has 0 N–H and O–H groups in total. The van der Waals surface area contributed by atoms with Crippen molar-refractivity contribution in [1.29, 1.82) is 0 Å². The van der Waals surface area contributed by atoms with Crippen LogP contribution >= 0.6 is 46.1 Å². The molecule has 1 saturated heterocycles. The molecule has 2 aromatic rings. The minimum Gasteiger partial charge on any atom is -0.444 e. The van der Waals surface area contributed by atoms with Crippen LogP contribution in [0.25, 0.3) is 10.7 Å². The van der Waals surface area contributed by atoms with Crippen LogP contribution in [0.2, 0.25) is 15.3 Å². The Morgan fingerprint density at radius 1 is 1.23 bits per heavy atom. The van der Waals surface area contributed by atoms with Crippen molar-refractivity contribution in [3.8, 4) is 10.7 Å². The zero-order chi connectivity index (χ0) is 22.2. The number of alkyl halides is 2. The van der Waals surface area contributed by atoms with Crippen LogP contribution < -0.4 is 4.90 Å². The summed E-state index contributed by atoms with van der Waals surface area (Å²) in [6, 6.07) is -1.36. The summed E-state index contributed by atoms with van der Waals surface area (Å²) >= 11 is 19.6. The SMILES string of the molecule is CC(C)(C)OC(=O)N1CCN(c2nc(-c3scnc3Cl)nc(Cl)c2Cl)[C@H](C(F)F)C1. The Morgan fingerprint density at radius 2 is 1.93 bits per heavy atom. The molecule has 30 heavy (non-hydrogen) atoms. The van der Waals surface area contributed by atoms with Crippen LogP contribution in [0, 0.1) is 0 Å². The van der Waals surface area contributed by atoms with Gasteiger partial charge in [0.15, 0.2) is 21.9 Å². The average Bonchev–Trinajstić information content (AvgIpc) is 3.08. The second-order valence-electron chi connectivity index (χ2n) is 7.47. The minimum absolute atomic E-state index is 0.0465. The van der Waals surface area contributed by atoms with Crippen molar-refractivity contribution in [3.63, 3.8) is 0 Å². The molecule has 0 aliphatic carbocycles. The quantitative estimate of drug-likeness (QED) is 0.536. The number of anilines is 1. The van der Waals surface area contributed by atoms with Crippen LogP contribution in [0.3, 0.4) is 0 Å². The maximum atomic E-state index is 13.9. The van der Waals surface area contributed by atoms with Gasteiger partial charge in [-0.3, -0.25) is 0 Å². The van der Waals surface area contributed by atoms with Crippen LogP contribution in [0.1, 0.15) is 20.8 Å². The number of ether oxygens (including phenoxy) is 1. The molecule has 0 unspecified atom stereocenters. The second-order valence-corrected chi connectivity index (χ2v) is 9.42. The fourth-order valence-corrected chi connectivity index (χ4v) is 4.15. The fourth-order valence-electron chi connectivity index (χ4n) is 2.86. The van der Waals surface area contributed by atoms with E-state index in [1.165, 1.54) is 26.6 Å². The van der Waals surface area contributed by atoms with Gasteiger partial charge < -0.3 is 14.5 Å². The Hall–Kier alpha value is -1.49. The number of nitrogens with zero attached hydrogens (tertiary/aromatic N) is 5. The summed E-state index contributed by atoms with van der Waals surface area (Å²) in [6.07, 6.45) is -3.44. The molecule has 0 bridgehead atoms. The van der Waals surface area contributed by atoms with Crippen molar-refractivity contribution in [2.45, 2.75) is 38.8 Å². The molecule has 3 heterocycles. The Bertz CT molecular complexity index is 941. The summed E-state index contributed by atoms with van der Waals surface area (Å²) in [5, 5.41) is 0.0191. The van der Waals surface area contributed by atoms with Gasteiger partial charge in [0.1, 0.15) is 21.5 Å². The molecule has 0 aromatic carbocycles. The second kappa shape index (κ2) is 8.94. The molecule has 2 aromatic heterocycles. The normalized spacial score (nSPS) is 17.6. The summed E-state index contributed by atoms with van der Waals surface area (Å²) in [4.78, 5) is 27.7. The number of hydrogen-bond donors (Lipinski definition) is 0. The largest absolute Gasteiger partial charge is 0.444 e. The van der Waals surface area contributed by atoms with Crippen LogP contribution in [-0.2, 0) is 4.74 Å². The van der Waals surface area contributed by atoms with Crippen LogP contribution in [0.15, 0.2) is 5.51 Å². The minimum atomic E-state index is -2.78. The summed E-state index contributed by atoms with van der Waals surface area (Å²) in [5.41, 5.74) is 0.770. The van der Waals surface area contributed by atoms with E-state index in [9.17, 15) is 13.6 Å². The first kappa shape index (κ1) is 23.2. The van der Waals surface area contributed by atoms with Gasteiger partial charge in [-0.15, -0.1) is 11.3 Å². The van der Waals surface area contributed by atoms with E-state index in [1.807, 2.05) is 0 Å².